The Morgan fingerprint density at radius 1 is 1.23 bits per heavy atom. The number of benzene rings is 1. The Hall–Kier alpha value is -3.06. The number of nitrogens with zero attached hydrogens (tertiary/aromatic N) is 1. The SMILES string of the molecule is CCN(CC)CCCNC(=O)c1[nH]c(/C=C2\C(=O)Nc3cc(OC)ccc32)cc1C. The number of fused-ring (bicyclic) bond motifs is 1. The van der Waals surface area contributed by atoms with Crippen molar-refractivity contribution in [2.75, 3.05) is 38.6 Å². The summed E-state index contributed by atoms with van der Waals surface area (Å²) < 4.78 is 5.22. The molecule has 1 aliphatic heterocycles. The maximum atomic E-state index is 12.6. The van der Waals surface area contributed by atoms with Gasteiger partial charge in [0.2, 0.25) is 0 Å². The van der Waals surface area contributed by atoms with E-state index in [1.54, 1.807) is 19.3 Å². The Morgan fingerprint density at radius 3 is 2.70 bits per heavy atom. The zero-order chi connectivity index (χ0) is 21.7. The van der Waals surface area contributed by atoms with E-state index < -0.39 is 0 Å². The fraction of sp³-hybridized carbons (Fsp3) is 0.391. The lowest BCUT2D eigenvalue weighted by Crippen LogP contribution is -2.30. The number of carbonyl (C=O) groups is 2. The van der Waals surface area contributed by atoms with Gasteiger partial charge in [-0.05, 0) is 62.8 Å². The number of aromatic nitrogens is 1. The summed E-state index contributed by atoms with van der Waals surface area (Å²) in [6.45, 7) is 9.79. The molecule has 30 heavy (non-hydrogen) atoms. The van der Waals surface area contributed by atoms with E-state index in [-0.39, 0.29) is 11.8 Å². The van der Waals surface area contributed by atoms with Crippen LogP contribution in [0.3, 0.4) is 0 Å². The highest BCUT2D eigenvalue weighted by Crippen LogP contribution is 2.35. The van der Waals surface area contributed by atoms with Gasteiger partial charge in [-0.1, -0.05) is 13.8 Å². The molecule has 2 aromatic rings. The molecule has 3 rings (SSSR count). The van der Waals surface area contributed by atoms with Crippen molar-refractivity contribution in [3.05, 3.63) is 46.8 Å². The maximum absolute atomic E-state index is 12.6. The van der Waals surface area contributed by atoms with Gasteiger partial charge in [-0.3, -0.25) is 9.59 Å². The molecule has 0 unspecified atom stereocenters. The van der Waals surface area contributed by atoms with Crippen molar-refractivity contribution in [1.29, 1.82) is 0 Å². The van der Waals surface area contributed by atoms with Crippen molar-refractivity contribution in [2.24, 2.45) is 0 Å². The molecular weight excluding hydrogens is 380 g/mol. The van der Waals surface area contributed by atoms with E-state index in [0.29, 0.717) is 23.6 Å². The number of hydrogen-bond acceptors (Lipinski definition) is 4. The van der Waals surface area contributed by atoms with Gasteiger partial charge in [0.05, 0.1) is 18.4 Å². The van der Waals surface area contributed by atoms with Crippen LogP contribution in [0.1, 0.15) is 47.6 Å². The van der Waals surface area contributed by atoms with E-state index in [9.17, 15) is 9.59 Å². The van der Waals surface area contributed by atoms with Crippen molar-refractivity contribution < 1.29 is 14.3 Å². The number of H-pyrrole nitrogens is 1. The number of nitrogens with one attached hydrogen (secondary N) is 3. The van der Waals surface area contributed by atoms with E-state index in [1.165, 1.54) is 0 Å². The average Bonchev–Trinajstić information content (AvgIpc) is 3.26. The second-order valence-electron chi connectivity index (χ2n) is 7.34. The summed E-state index contributed by atoms with van der Waals surface area (Å²) in [6, 6.07) is 7.36. The Balaban J connectivity index is 1.69. The van der Waals surface area contributed by atoms with Crippen LogP contribution in [0, 0.1) is 6.92 Å². The Kier molecular flexibility index (Phi) is 6.95. The summed E-state index contributed by atoms with van der Waals surface area (Å²) in [5.74, 6) is 0.386. The summed E-state index contributed by atoms with van der Waals surface area (Å²) in [5.41, 5.74) is 4.18. The minimum absolute atomic E-state index is 0.127. The molecular formula is C23H30N4O3. The fourth-order valence-electron chi connectivity index (χ4n) is 3.63. The monoisotopic (exact) mass is 410 g/mol. The third-order valence-electron chi connectivity index (χ3n) is 5.40. The maximum Gasteiger partial charge on any atom is 0.267 e. The molecule has 0 fully saturated rings. The summed E-state index contributed by atoms with van der Waals surface area (Å²) >= 11 is 0. The largest absolute Gasteiger partial charge is 0.497 e. The van der Waals surface area contributed by atoms with Crippen LogP contribution < -0.4 is 15.4 Å². The van der Waals surface area contributed by atoms with Crippen molar-refractivity contribution in [3.8, 4) is 5.75 Å². The number of amides is 2. The van der Waals surface area contributed by atoms with Gasteiger partial charge in [0.25, 0.3) is 11.8 Å². The first-order valence-electron chi connectivity index (χ1n) is 10.4. The first-order valence-corrected chi connectivity index (χ1v) is 10.4. The van der Waals surface area contributed by atoms with Crippen LogP contribution in [0.5, 0.6) is 5.75 Å². The molecule has 0 bridgehead atoms. The first kappa shape index (κ1) is 21.6. The average molecular weight is 411 g/mol. The number of ether oxygens (including phenoxy) is 1. The molecule has 1 aromatic carbocycles. The third-order valence-corrected chi connectivity index (χ3v) is 5.40. The molecule has 1 aliphatic rings. The lowest BCUT2D eigenvalue weighted by molar-refractivity contribution is -0.110. The molecule has 7 heteroatoms. The van der Waals surface area contributed by atoms with Crippen LogP contribution in [0.15, 0.2) is 24.3 Å². The van der Waals surface area contributed by atoms with Crippen molar-refractivity contribution in [3.63, 3.8) is 0 Å². The van der Waals surface area contributed by atoms with E-state index in [1.807, 2.05) is 25.1 Å². The summed E-state index contributed by atoms with van der Waals surface area (Å²) in [6.07, 6.45) is 2.68. The third kappa shape index (κ3) is 4.74. The lowest BCUT2D eigenvalue weighted by Gasteiger charge is -2.17. The first-order chi connectivity index (χ1) is 14.5. The zero-order valence-corrected chi connectivity index (χ0v) is 18.1. The molecule has 2 heterocycles. The molecule has 1 aromatic heterocycles. The molecule has 160 valence electrons. The standard InChI is InChI=1S/C23H30N4O3/c1-5-27(6-2)11-7-10-24-23(29)21-15(3)12-16(25-21)13-19-18-9-8-17(30-4)14-20(18)26-22(19)28/h8-9,12-14,25H,5-7,10-11H2,1-4H3,(H,24,29)(H,26,28)/b19-13-. The molecule has 3 N–H and O–H groups in total. The Labute approximate surface area is 177 Å². The van der Waals surface area contributed by atoms with Gasteiger partial charge in [-0.15, -0.1) is 0 Å². The molecule has 0 spiro atoms. The van der Waals surface area contributed by atoms with Crippen LogP contribution in [0.2, 0.25) is 0 Å². The topological polar surface area (TPSA) is 86.5 Å². The van der Waals surface area contributed by atoms with E-state index in [2.05, 4.69) is 34.4 Å². The highest BCUT2D eigenvalue weighted by molar-refractivity contribution is 6.34. The molecule has 0 radical (unpaired) electrons. The minimum Gasteiger partial charge on any atom is -0.497 e. The smallest absolute Gasteiger partial charge is 0.267 e. The second-order valence-corrected chi connectivity index (χ2v) is 7.34. The Morgan fingerprint density at radius 2 is 2.00 bits per heavy atom. The number of aryl methyl sites for hydroxylation is 1. The summed E-state index contributed by atoms with van der Waals surface area (Å²) in [7, 11) is 1.59. The van der Waals surface area contributed by atoms with E-state index in [0.717, 1.165) is 48.6 Å². The molecule has 0 saturated carbocycles. The van der Waals surface area contributed by atoms with Gasteiger partial charge < -0.3 is 25.3 Å². The van der Waals surface area contributed by atoms with E-state index in [4.69, 9.17) is 4.74 Å². The van der Waals surface area contributed by atoms with Crippen molar-refractivity contribution >= 4 is 29.2 Å². The Bertz CT molecular complexity index is 957. The van der Waals surface area contributed by atoms with Gasteiger partial charge in [-0.25, -0.2) is 0 Å². The van der Waals surface area contributed by atoms with Gasteiger partial charge in [0, 0.05) is 23.9 Å². The lowest BCUT2D eigenvalue weighted by atomic mass is 10.1. The highest BCUT2D eigenvalue weighted by Gasteiger charge is 2.25. The summed E-state index contributed by atoms with van der Waals surface area (Å²) in [5, 5.41) is 5.83. The van der Waals surface area contributed by atoms with E-state index >= 15 is 0 Å². The fourth-order valence-corrected chi connectivity index (χ4v) is 3.63. The molecule has 0 atom stereocenters. The number of anilines is 1. The molecule has 7 nitrogen and oxygen atoms in total. The van der Waals surface area contributed by atoms with Gasteiger partial charge in [0.1, 0.15) is 11.4 Å². The summed E-state index contributed by atoms with van der Waals surface area (Å²) in [4.78, 5) is 30.5. The normalized spacial score (nSPS) is 14.2. The van der Waals surface area contributed by atoms with Gasteiger partial charge in [-0.2, -0.15) is 0 Å². The molecule has 0 saturated heterocycles. The zero-order valence-electron chi connectivity index (χ0n) is 18.1. The number of hydrogen-bond donors (Lipinski definition) is 3. The predicted molar refractivity (Wildman–Crippen MR) is 120 cm³/mol. The molecule has 0 aliphatic carbocycles. The van der Waals surface area contributed by atoms with Crippen LogP contribution in [0.25, 0.3) is 11.6 Å². The van der Waals surface area contributed by atoms with Crippen LogP contribution in [-0.2, 0) is 4.79 Å². The predicted octanol–water partition coefficient (Wildman–Crippen LogP) is 3.29. The van der Waals surface area contributed by atoms with Crippen molar-refractivity contribution in [1.82, 2.24) is 15.2 Å². The number of methoxy groups -OCH3 is 1. The quantitative estimate of drug-likeness (QED) is 0.437. The number of carbonyl (C=O) groups excluding carboxylic acids is 2. The number of rotatable bonds is 9. The van der Waals surface area contributed by atoms with Crippen LogP contribution in [-0.4, -0.2) is 55.0 Å². The van der Waals surface area contributed by atoms with Crippen LogP contribution >= 0.6 is 0 Å². The highest BCUT2D eigenvalue weighted by atomic mass is 16.5. The second kappa shape index (κ2) is 9.63. The minimum atomic E-state index is -0.173. The van der Waals surface area contributed by atoms with Gasteiger partial charge in [0.15, 0.2) is 0 Å². The molecule has 2 amide bonds. The number of aromatic amines is 1. The van der Waals surface area contributed by atoms with Crippen LogP contribution in [0.4, 0.5) is 5.69 Å². The van der Waals surface area contributed by atoms with Crippen molar-refractivity contribution in [2.45, 2.75) is 27.2 Å². The van der Waals surface area contributed by atoms with Gasteiger partial charge >= 0.3 is 0 Å².